The Hall–Kier alpha value is -3.46. The molecule has 3 heterocycles. The van der Waals surface area contributed by atoms with Gasteiger partial charge in [-0.05, 0) is 64.1 Å². The third-order valence-electron chi connectivity index (χ3n) is 5.94. The van der Waals surface area contributed by atoms with Crippen molar-refractivity contribution in [1.82, 2.24) is 19.5 Å². The first-order valence-corrected chi connectivity index (χ1v) is 12.5. The lowest BCUT2D eigenvalue weighted by atomic mass is 10.1. The number of piperazine rings is 1. The van der Waals surface area contributed by atoms with E-state index in [1.165, 1.54) is 23.5 Å². The molecule has 0 radical (unpaired) electrons. The van der Waals surface area contributed by atoms with Crippen molar-refractivity contribution in [2.45, 2.75) is 33.2 Å². The van der Waals surface area contributed by atoms with Gasteiger partial charge in [0, 0.05) is 42.8 Å². The van der Waals surface area contributed by atoms with Crippen LogP contribution in [0.15, 0.2) is 48.5 Å². The second kappa shape index (κ2) is 8.96. The van der Waals surface area contributed by atoms with E-state index in [4.69, 9.17) is 10.1 Å². The Kier molecular flexibility index (Phi) is 5.96. The van der Waals surface area contributed by atoms with Gasteiger partial charge in [0.15, 0.2) is 5.82 Å². The molecule has 0 saturated carbocycles. The van der Waals surface area contributed by atoms with Gasteiger partial charge in [-0.25, -0.2) is 9.37 Å². The lowest BCUT2D eigenvalue weighted by Crippen LogP contribution is -2.48. The van der Waals surface area contributed by atoms with Crippen LogP contribution in [-0.4, -0.2) is 57.1 Å². The minimum absolute atomic E-state index is 0.0687. The Balaban J connectivity index is 1.37. The average Bonchev–Trinajstić information content (AvgIpc) is 3.38. The SMILES string of the molecule is Cc1ccc(C(=O)N2CCN(c3nn4c(NC(C)(C)C)c(-c5ccc(F)cc5)nc4s3)CC2)cc1. The highest BCUT2D eigenvalue weighted by Crippen LogP contribution is 2.35. The van der Waals surface area contributed by atoms with Crippen LogP contribution < -0.4 is 10.2 Å². The minimum Gasteiger partial charge on any atom is -0.364 e. The quantitative estimate of drug-likeness (QED) is 0.431. The van der Waals surface area contributed by atoms with Crippen LogP contribution in [0.3, 0.4) is 0 Å². The number of hydrogen-bond donors (Lipinski definition) is 1. The van der Waals surface area contributed by atoms with Crippen molar-refractivity contribution in [3.05, 3.63) is 65.5 Å². The summed E-state index contributed by atoms with van der Waals surface area (Å²) in [6.45, 7) is 11.0. The number of carbonyl (C=O) groups is 1. The van der Waals surface area contributed by atoms with E-state index < -0.39 is 0 Å². The highest BCUT2D eigenvalue weighted by atomic mass is 32.1. The molecule has 4 aromatic rings. The summed E-state index contributed by atoms with van der Waals surface area (Å²) in [7, 11) is 0. The monoisotopic (exact) mass is 492 g/mol. The third kappa shape index (κ3) is 4.86. The Morgan fingerprint density at radius 1 is 1.00 bits per heavy atom. The maximum absolute atomic E-state index is 13.5. The summed E-state index contributed by atoms with van der Waals surface area (Å²) >= 11 is 1.52. The first-order chi connectivity index (χ1) is 16.7. The zero-order valence-corrected chi connectivity index (χ0v) is 21.2. The average molecular weight is 493 g/mol. The largest absolute Gasteiger partial charge is 0.364 e. The first kappa shape index (κ1) is 23.3. The molecule has 0 atom stereocenters. The maximum atomic E-state index is 13.5. The fourth-order valence-corrected chi connectivity index (χ4v) is 5.08. The highest BCUT2D eigenvalue weighted by Gasteiger charge is 2.27. The van der Waals surface area contributed by atoms with Gasteiger partial charge in [-0.15, -0.1) is 5.10 Å². The standard InChI is InChI=1S/C26H29FN6OS/c1-17-5-7-19(8-6-17)23(34)31-13-15-32(16-14-31)25-30-33-22(29-26(2,3)4)21(28-24(33)35-25)18-9-11-20(27)12-10-18/h5-12,29H,13-16H2,1-4H3. The summed E-state index contributed by atoms with van der Waals surface area (Å²) in [5.74, 6) is 0.578. The summed E-state index contributed by atoms with van der Waals surface area (Å²) in [5, 5.41) is 9.28. The van der Waals surface area contributed by atoms with Crippen molar-refractivity contribution in [3.63, 3.8) is 0 Å². The number of rotatable bonds is 4. The fraction of sp³-hybridized carbons (Fsp3) is 0.346. The lowest BCUT2D eigenvalue weighted by Gasteiger charge is -2.34. The number of fused-ring (bicyclic) bond motifs is 1. The van der Waals surface area contributed by atoms with Crippen molar-refractivity contribution in [2.24, 2.45) is 0 Å². The van der Waals surface area contributed by atoms with E-state index in [1.54, 1.807) is 12.1 Å². The van der Waals surface area contributed by atoms with E-state index in [1.807, 2.05) is 40.6 Å². The third-order valence-corrected chi connectivity index (χ3v) is 6.91. The van der Waals surface area contributed by atoms with E-state index in [0.717, 1.165) is 38.3 Å². The summed E-state index contributed by atoms with van der Waals surface area (Å²) < 4.78 is 15.3. The number of nitrogens with one attached hydrogen (secondary N) is 1. The zero-order chi connectivity index (χ0) is 24.7. The summed E-state index contributed by atoms with van der Waals surface area (Å²) in [6.07, 6.45) is 0. The molecule has 5 rings (SSSR count). The van der Waals surface area contributed by atoms with Gasteiger partial charge in [-0.1, -0.05) is 29.0 Å². The van der Waals surface area contributed by atoms with Crippen molar-refractivity contribution < 1.29 is 9.18 Å². The van der Waals surface area contributed by atoms with Crippen LogP contribution >= 0.6 is 11.3 Å². The van der Waals surface area contributed by atoms with E-state index in [9.17, 15) is 9.18 Å². The molecule has 0 spiro atoms. The zero-order valence-electron chi connectivity index (χ0n) is 20.4. The van der Waals surface area contributed by atoms with Crippen molar-refractivity contribution in [2.75, 3.05) is 36.4 Å². The Morgan fingerprint density at radius 2 is 1.66 bits per heavy atom. The van der Waals surface area contributed by atoms with Crippen LogP contribution in [0.25, 0.3) is 16.2 Å². The molecule has 1 saturated heterocycles. The smallest absolute Gasteiger partial charge is 0.253 e. The molecule has 182 valence electrons. The molecule has 1 aliphatic heterocycles. The Bertz CT molecular complexity index is 1350. The van der Waals surface area contributed by atoms with E-state index in [2.05, 4.69) is 31.0 Å². The normalized spacial score (nSPS) is 14.5. The number of imidazole rings is 1. The second-order valence-electron chi connectivity index (χ2n) is 9.92. The maximum Gasteiger partial charge on any atom is 0.253 e. The molecular formula is C26H29FN6OS. The van der Waals surface area contributed by atoms with Crippen molar-refractivity contribution in [3.8, 4) is 11.3 Å². The molecule has 0 unspecified atom stereocenters. The summed E-state index contributed by atoms with van der Waals surface area (Å²) in [4.78, 5) is 22.6. The molecule has 2 aromatic carbocycles. The van der Waals surface area contributed by atoms with Crippen LogP contribution in [0, 0.1) is 12.7 Å². The number of amides is 1. The Morgan fingerprint density at radius 3 is 2.29 bits per heavy atom. The number of aryl methyl sites for hydroxylation is 1. The molecule has 35 heavy (non-hydrogen) atoms. The van der Waals surface area contributed by atoms with Crippen molar-refractivity contribution >= 4 is 33.2 Å². The molecule has 1 aliphatic rings. The molecule has 2 aromatic heterocycles. The fourth-order valence-electron chi connectivity index (χ4n) is 4.12. The van der Waals surface area contributed by atoms with Gasteiger partial charge in [0.2, 0.25) is 10.1 Å². The van der Waals surface area contributed by atoms with Gasteiger partial charge < -0.3 is 15.1 Å². The summed E-state index contributed by atoms with van der Waals surface area (Å²) in [6, 6.07) is 14.1. The number of anilines is 2. The topological polar surface area (TPSA) is 65.8 Å². The highest BCUT2D eigenvalue weighted by molar-refractivity contribution is 7.20. The molecule has 1 N–H and O–H groups in total. The van der Waals surface area contributed by atoms with E-state index in [-0.39, 0.29) is 17.3 Å². The number of aromatic nitrogens is 3. The van der Waals surface area contributed by atoms with Gasteiger partial charge in [0.25, 0.3) is 5.91 Å². The second-order valence-corrected chi connectivity index (χ2v) is 10.8. The molecule has 0 aliphatic carbocycles. The molecule has 1 amide bonds. The Labute approximate surface area is 208 Å². The summed E-state index contributed by atoms with van der Waals surface area (Å²) in [5.41, 5.74) is 3.24. The molecule has 7 nitrogen and oxygen atoms in total. The number of hydrogen-bond acceptors (Lipinski definition) is 6. The van der Waals surface area contributed by atoms with Gasteiger partial charge in [0.05, 0.1) is 0 Å². The van der Waals surface area contributed by atoms with Crippen LogP contribution in [0.5, 0.6) is 0 Å². The minimum atomic E-state index is -0.277. The van der Waals surface area contributed by atoms with Gasteiger partial charge >= 0.3 is 0 Å². The van der Waals surface area contributed by atoms with Gasteiger partial charge in [-0.2, -0.15) is 4.52 Å². The van der Waals surface area contributed by atoms with Crippen LogP contribution in [0.4, 0.5) is 15.3 Å². The van der Waals surface area contributed by atoms with Crippen LogP contribution in [0.2, 0.25) is 0 Å². The molecule has 9 heteroatoms. The van der Waals surface area contributed by atoms with E-state index in [0.29, 0.717) is 26.2 Å². The number of nitrogens with zero attached hydrogens (tertiary/aromatic N) is 5. The number of halogens is 1. The van der Waals surface area contributed by atoms with Crippen molar-refractivity contribution in [1.29, 1.82) is 0 Å². The number of carbonyl (C=O) groups excluding carboxylic acids is 1. The predicted octanol–water partition coefficient (Wildman–Crippen LogP) is 5.08. The lowest BCUT2D eigenvalue weighted by molar-refractivity contribution is 0.0746. The first-order valence-electron chi connectivity index (χ1n) is 11.7. The van der Waals surface area contributed by atoms with Crippen LogP contribution in [-0.2, 0) is 0 Å². The van der Waals surface area contributed by atoms with E-state index >= 15 is 0 Å². The van der Waals surface area contributed by atoms with Gasteiger partial charge in [-0.3, -0.25) is 4.79 Å². The van der Waals surface area contributed by atoms with Gasteiger partial charge in [0.1, 0.15) is 11.5 Å². The molecular weight excluding hydrogens is 463 g/mol. The number of benzene rings is 2. The molecule has 1 fully saturated rings. The van der Waals surface area contributed by atoms with Crippen LogP contribution in [0.1, 0.15) is 36.7 Å². The molecule has 0 bridgehead atoms. The predicted molar refractivity (Wildman–Crippen MR) is 139 cm³/mol.